The van der Waals surface area contributed by atoms with Crippen molar-refractivity contribution in [2.24, 2.45) is 7.05 Å². The molecule has 1 heteroatoms. The van der Waals surface area contributed by atoms with Gasteiger partial charge in [-0.3, -0.25) is 0 Å². The zero-order valence-corrected chi connectivity index (χ0v) is 9.76. The minimum atomic E-state index is 1.35. The molecule has 0 spiro atoms. The van der Waals surface area contributed by atoms with Crippen LogP contribution in [0.3, 0.4) is 0 Å². The molecule has 0 bridgehead atoms. The Hall–Kier alpha value is -1.24. The fraction of sp³-hybridized carbons (Fsp3) is 0.385. The van der Waals surface area contributed by atoms with E-state index in [-0.39, 0.29) is 0 Å². The second-order valence-electron chi connectivity index (χ2n) is 3.28. The first-order chi connectivity index (χ1) is 6.72. The van der Waals surface area contributed by atoms with Crippen molar-refractivity contribution in [3.8, 4) is 0 Å². The largest absolute Gasteiger partial charge is 0.351 e. The molecule has 2 rings (SSSR count). The Morgan fingerprint density at radius 1 is 0.857 bits per heavy atom. The van der Waals surface area contributed by atoms with Crippen LogP contribution in [0.5, 0.6) is 0 Å². The van der Waals surface area contributed by atoms with Gasteiger partial charge in [-0.1, -0.05) is 38.1 Å². The Kier molecular flexibility index (Phi) is 3.34. The summed E-state index contributed by atoms with van der Waals surface area (Å²) in [5, 5.41) is 2.75. The van der Waals surface area contributed by atoms with E-state index in [1.54, 1.807) is 0 Å². The van der Waals surface area contributed by atoms with Crippen LogP contribution in [0.1, 0.15) is 25.2 Å². The van der Waals surface area contributed by atoms with Crippen molar-refractivity contribution in [2.75, 3.05) is 0 Å². The summed E-state index contributed by atoms with van der Waals surface area (Å²) in [5.74, 6) is 0. The van der Waals surface area contributed by atoms with Gasteiger partial charge in [-0.2, -0.15) is 0 Å². The molecule has 76 valence electrons. The Bertz CT molecular complexity index is 385. The van der Waals surface area contributed by atoms with Crippen molar-refractivity contribution in [3.05, 3.63) is 35.7 Å². The number of rotatable bonds is 0. The van der Waals surface area contributed by atoms with E-state index in [1.807, 2.05) is 13.8 Å². The number of fused-ring (bicyclic) bond motifs is 1. The van der Waals surface area contributed by atoms with E-state index in [4.69, 9.17) is 0 Å². The second kappa shape index (κ2) is 4.32. The van der Waals surface area contributed by atoms with Crippen molar-refractivity contribution < 1.29 is 0 Å². The number of hydrogen-bond donors (Lipinski definition) is 0. The highest BCUT2D eigenvalue weighted by atomic mass is 14.9. The summed E-state index contributed by atoms with van der Waals surface area (Å²) in [6.45, 7) is 8.32. The van der Waals surface area contributed by atoms with Gasteiger partial charge >= 0.3 is 0 Å². The SMILES string of the molecule is CC.Cc1c2ccccc2c(C)n1C. The van der Waals surface area contributed by atoms with Crippen molar-refractivity contribution in [1.29, 1.82) is 0 Å². The van der Waals surface area contributed by atoms with E-state index in [1.165, 1.54) is 22.2 Å². The predicted octanol–water partition coefficient (Wildman–Crippen LogP) is 3.82. The molecule has 0 atom stereocenters. The third kappa shape index (κ3) is 1.54. The van der Waals surface area contributed by atoms with Crippen LogP contribution < -0.4 is 0 Å². The van der Waals surface area contributed by atoms with Crippen LogP contribution in [-0.2, 0) is 7.05 Å². The fourth-order valence-electron chi connectivity index (χ4n) is 1.73. The minimum absolute atomic E-state index is 1.35. The van der Waals surface area contributed by atoms with Gasteiger partial charge in [-0.25, -0.2) is 0 Å². The third-order valence-electron chi connectivity index (χ3n) is 2.71. The van der Waals surface area contributed by atoms with Gasteiger partial charge in [0, 0.05) is 29.2 Å². The maximum Gasteiger partial charge on any atom is 0.0222 e. The van der Waals surface area contributed by atoms with Crippen molar-refractivity contribution in [2.45, 2.75) is 27.7 Å². The highest BCUT2D eigenvalue weighted by Crippen LogP contribution is 2.23. The van der Waals surface area contributed by atoms with Gasteiger partial charge in [0.05, 0.1) is 0 Å². The van der Waals surface area contributed by atoms with E-state index in [2.05, 4.69) is 49.7 Å². The van der Waals surface area contributed by atoms with Crippen molar-refractivity contribution in [3.63, 3.8) is 0 Å². The maximum absolute atomic E-state index is 2.24. The molecule has 0 saturated carbocycles. The first kappa shape index (κ1) is 10.8. The van der Waals surface area contributed by atoms with Crippen LogP contribution in [0, 0.1) is 13.8 Å². The molecular formula is C13H19N. The van der Waals surface area contributed by atoms with Crippen LogP contribution in [0.25, 0.3) is 10.8 Å². The zero-order valence-electron chi connectivity index (χ0n) is 9.76. The molecule has 1 nitrogen and oxygen atoms in total. The number of hydrogen-bond acceptors (Lipinski definition) is 0. The molecule has 0 unspecified atom stereocenters. The lowest BCUT2D eigenvalue weighted by Crippen LogP contribution is -1.91. The molecule has 1 aromatic carbocycles. The van der Waals surface area contributed by atoms with Crippen molar-refractivity contribution in [1.82, 2.24) is 4.57 Å². The van der Waals surface area contributed by atoms with Crippen LogP contribution in [0.4, 0.5) is 0 Å². The van der Waals surface area contributed by atoms with Crippen LogP contribution >= 0.6 is 0 Å². The molecule has 0 radical (unpaired) electrons. The molecule has 14 heavy (non-hydrogen) atoms. The summed E-state index contributed by atoms with van der Waals surface area (Å²) in [4.78, 5) is 0. The van der Waals surface area contributed by atoms with Gasteiger partial charge in [0.2, 0.25) is 0 Å². The average molecular weight is 189 g/mol. The van der Waals surface area contributed by atoms with Crippen LogP contribution in [0.2, 0.25) is 0 Å². The molecule has 0 amide bonds. The van der Waals surface area contributed by atoms with E-state index in [9.17, 15) is 0 Å². The molecule has 0 N–H and O–H groups in total. The van der Waals surface area contributed by atoms with Gasteiger partial charge in [0.25, 0.3) is 0 Å². The molecule has 0 saturated heterocycles. The van der Waals surface area contributed by atoms with Gasteiger partial charge in [0.15, 0.2) is 0 Å². The Balaban J connectivity index is 0.000000461. The standard InChI is InChI=1S/C11H13N.C2H6/c1-8-10-6-4-5-7-11(10)9(2)12(8)3;1-2/h4-7H,1-3H3;1-2H3. The summed E-state index contributed by atoms with van der Waals surface area (Å²) >= 11 is 0. The van der Waals surface area contributed by atoms with Crippen molar-refractivity contribution >= 4 is 10.8 Å². The lowest BCUT2D eigenvalue weighted by atomic mass is 10.1. The normalized spacial score (nSPS) is 9.79. The number of aryl methyl sites for hydroxylation is 2. The first-order valence-electron chi connectivity index (χ1n) is 5.22. The van der Waals surface area contributed by atoms with Gasteiger partial charge in [-0.15, -0.1) is 0 Å². The summed E-state index contributed by atoms with van der Waals surface area (Å²) in [7, 11) is 2.12. The number of nitrogens with zero attached hydrogens (tertiary/aromatic N) is 1. The molecule has 2 aromatic rings. The van der Waals surface area contributed by atoms with E-state index in [0.717, 1.165) is 0 Å². The van der Waals surface area contributed by atoms with Crippen LogP contribution in [-0.4, -0.2) is 4.57 Å². The molecule has 0 aliphatic rings. The van der Waals surface area contributed by atoms with E-state index >= 15 is 0 Å². The summed E-state index contributed by atoms with van der Waals surface area (Å²) in [6.07, 6.45) is 0. The van der Waals surface area contributed by atoms with Crippen LogP contribution in [0.15, 0.2) is 24.3 Å². The Morgan fingerprint density at radius 3 is 1.57 bits per heavy atom. The fourth-order valence-corrected chi connectivity index (χ4v) is 1.73. The summed E-state index contributed by atoms with van der Waals surface area (Å²) in [6, 6.07) is 8.54. The predicted molar refractivity (Wildman–Crippen MR) is 63.7 cm³/mol. The number of aromatic nitrogens is 1. The Morgan fingerprint density at radius 2 is 1.21 bits per heavy atom. The van der Waals surface area contributed by atoms with E-state index in [0.29, 0.717) is 0 Å². The van der Waals surface area contributed by atoms with Gasteiger partial charge < -0.3 is 4.57 Å². The smallest absolute Gasteiger partial charge is 0.0222 e. The molecule has 0 fully saturated rings. The topological polar surface area (TPSA) is 4.93 Å². The lowest BCUT2D eigenvalue weighted by Gasteiger charge is -1.97. The third-order valence-corrected chi connectivity index (χ3v) is 2.71. The second-order valence-corrected chi connectivity index (χ2v) is 3.28. The lowest BCUT2D eigenvalue weighted by molar-refractivity contribution is 0.851. The average Bonchev–Trinajstić information content (AvgIpc) is 2.48. The molecule has 0 aliphatic carbocycles. The quantitative estimate of drug-likeness (QED) is 0.593. The maximum atomic E-state index is 2.24. The number of benzene rings is 1. The molecule has 1 heterocycles. The minimum Gasteiger partial charge on any atom is -0.351 e. The monoisotopic (exact) mass is 189 g/mol. The van der Waals surface area contributed by atoms with Gasteiger partial charge in [-0.05, 0) is 13.8 Å². The highest BCUT2D eigenvalue weighted by Gasteiger charge is 2.05. The highest BCUT2D eigenvalue weighted by molar-refractivity contribution is 5.88. The summed E-state index contributed by atoms with van der Waals surface area (Å²) in [5.41, 5.74) is 2.70. The first-order valence-corrected chi connectivity index (χ1v) is 5.22. The molecule has 1 aromatic heterocycles. The summed E-state index contributed by atoms with van der Waals surface area (Å²) < 4.78 is 2.24. The Labute approximate surface area is 86.4 Å². The molecular weight excluding hydrogens is 170 g/mol. The van der Waals surface area contributed by atoms with Gasteiger partial charge in [0.1, 0.15) is 0 Å². The zero-order chi connectivity index (χ0) is 10.7. The molecule has 0 aliphatic heterocycles. The van der Waals surface area contributed by atoms with E-state index < -0.39 is 0 Å².